The fourth-order valence-corrected chi connectivity index (χ4v) is 3.71. The van der Waals surface area contributed by atoms with Gasteiger partial charge in [-0.05, 0) is 32.0 Å². The van der Waals surface area contributed by atoms with Crippen molar-refractivity contribution in [3.8, 4) is 0 Å². The molecule has 1 aromatic heterocycles. The van der Waals surface area contributed by atoms with E-state index in [9.17, 15) is 13.2 Å². The molecule has 0 bridgehead atoms. The highest BCUT2D eigenvalue weighted by atomic mass is 32.2. The number of hydrogen-bond acceptors (Lipinski definition) is 4. The first-order valence-corrected chi connectivity index (χ1v) is 7.81. The second-order valence-electron chi connectivity index (χ2n) is 5.26. The van der Waals surface area contributed by atoms with Crippen molar-refractivity contribution in [2.24, 2.45) is 5.92 Å². The lowest BCUT2D eigenvalue weighted by Gasteiger charge is -2.20. The molecule has 7 nitrogen and oxygen atoms in total. The Bertz CT molecular complexity index is 596. The minimum Gasteiger partial charge on any atom is -0.477 e. The fourth-order valence-electron chi connectivity index (χ4n) is 2.46. The molecule has 0 amide bonds. The van der Waals surface area contributed by atoms with Crippen LogP contribution in [-0.2, 0) is 10.0 Å². The quantitative estimate of drug-likeness (QED) is 0.815. The summed E-state index contributed by atoms with van der Waals surface area (Å²) in [4.78, 5) is 15.4. The molecule has 20 heavy (non-hydrogen) atoms. The molecule has 1 atom stereocenters. The maximum atomic E-state index is 12.3. The number of sulfonamides is 1. The monoisotopic (exact) mass is 301 g/mol. The molecule has 2 rings (SSSR count). The van der Waals surface area contributed by atoms with E-state index in [0.29, 0.717) is 12.5 Å². The number of carboxylic acid groups (broad SMARTS) is 1. The van der Waals surface area contributed by atoms with E-state index in [1.807, 2.05) is 7.05 Å². The number of hydrogen-bond donors (Lipinski definition) is 2. The summed E-state index contributed by atoms with van der Waals surface area (Å²) >= 11 is 0. The molecule has 8 heteroatoms. The number of aromatic carboxylic acids is 1. The third kappa shape index (κ3) is 3.02. The van der Waals surface area contributed by atoms with Crippen LogP contribution in [0.15, 0.2) is 17.2 Å². The van der Waals surface area contributed by atoms with E-state index in [2.05, 4.69) is 9.88 Å². The van der Waals surface area contributed by atoms with Gasteiger partial charge in [0, 0.05) is 26.3 Å². The number of likely N-dealkylation sites (tertiary alicyclic amines) is 1. The molecule has 1 aliphatic heterocycles. The average molecular weight is 301 g/mol. The summed E-state index contributed by atoms with van der Waals surface area (Å²) in [5.74, 6) is -0.857. The molecule has 1 unspecified atom stereocenters. The molecule has 112 valence electrons. The molecule has 0 spiro atoms. The van der Waals surface area contributed by atoms with E-state index in [1.165, 1.54) is 17.5 Å². The van der Waals surface area contributed by atoms with Gasteiger partial charge in [-0.15, -0.1) is 0 Å². The maximum absolute atomic E-state index is 12.3. The van der Waals surface area contributed by atoms with Crippen LogP contribution in [0.3, 0.4) is 0 Å². The predicted molar refractivity (Wildman–Crippen MR) is 73.2 cm³/mol. The Balaban J connectivity index is 2.10. The molecule has 1 fully saturated rings. The van der Waals surface area contributed by atoms with Crippen LogP contribution < -0.4 is 0 Å². The normalized spacial score (nSPS) is 20.6. The van der Waals surface area contributed by atoms with Crippen molar-refractivity contribution in [2.45, 2.75) is 11.3 Å². The Morgan fingerprint density at radius 1 is 1.60 bits per heavy atom. The summed E-state index contributed by atoms with van der Waals surface area (Å²) in [6.45, 7) is 2.31. The molecule has 1 saturated heterocycles. The van der Waals surface area contributed by atoms with Gasteiger partial charge in [-0.1, -0.05) is 0 Å². The zero-order valence-corrected chi connectivity index (χ0v) is 12.4. The zero-order chi connectivity index (χ0) is 14.9. The van der Waals surface area contributed by atoms with E-state index >= 15 is 0 Å². The van der Waals surface area contributed by atoms with Gasteiger partial charge in [-0.3, -0.25) is 0 Å². The van der Waals surface area contributed by atoms with Gasteiger partial charge in [0.1, 0.15) is 10.6 Å². The SMILES string of the molecule is CN1CCC(CN(C)S(=O)(=O)c2c[nH]c(C(=O)O)c2)C1. The van der Waals surface area contributed by atoms with Crippen molar-refractivity contribution in [3.05, 3.63) is 18.0 Å². The van der Waals surface area contributed by atoms with Crippen LogP contribution in [0.5, 0.6) is 0 Å². The van der Waals surface area contributed by atoms with Crippen molar-refractivity contribution in [3.63, 3.8) is 0 Å². The molecule has 0 aliphatic carbocycles. The minimum atomic E-state index is -3.64. The first kappa shape index (κ1) is 15.0. The Hall–Kier alpha value is -1.38. The Labute approximate surface area is 118 Å². The van der Waals surface area contributed by atoms with Gasteiger partial charge in [-0.25, -0.2) is 17.5 Å². The Morgan fingerprint density at radius 2 is 2.30 bits per heavy atom. The van der Waals surface area contributed by atoms with Crippen molar-refractivity contribution in [1.29, 1.82) is 0 Å². The molecule has 0 saturated carbocycles. The van der Waals surface area contributed by atoms with Gasteiger partial charge in [0.25, 0.3) is 0 Å². The average Bonchev–Trinajstić information content (AvgIpc) is 2.98. The van der Waals surface area contributed by atoms with Gasteiger partial charge >= 0.3 is 5.97 Å². The van der Waals surface area contributed by atoms with Crippen molar-refractivity contribution in [2.75, 3.05) is 33.7 Å². The summed E-state index contributed by atoms with van der Waals surface area (Å²) in [5, 5.41) is 8.82. The van der Waals surface area contributed by atoms with E-state index in [4.69, 9.17) is 5.11 Å². The molecule has 0 aromatic carbocycles. The smallest absolute Gasteiger partial charge is 0.352 e. The van der Waals surface area contributed by atoms with Gasteiger partial charge in [-0.2, -0.15) is 0 Å². The van der Waals surface area contributed by atoms with E-state index in [-0.39, 0.29) is 10.6 Å². The second kappa shape index (κ2) is 5.55. The highest BCUT2D eigenvalue weighted by Crippen LogP contribution is 2.20. The van der Waals surface area contributed by atoms with Crippen LogP contribution >= 0.6 is 0 Å². The van der Waals surface area contributed by atoms with Crippen LogP contribution in [-0.4, -0.2) is 67.4 Å². The Morgan fingerprint density at radius 3 is 2.80 bits per heavy atom. The zero-order valence-electron chi connectivity index (χ0n) is 11.5. The molecule has 1 aliphatic rings. The third-order valence-corrected chi connectivity index (χ3v) is 5.40. The largest absolute Gasteiger partial charge is 0.477 e. The van der Waals surface area contributed by atoms with Gasteiger partial charge in [0.05, 0.1) is 0 Å². The number of aromatic nitrogens is 1. The van der Waals surface area contributed by atoms with Gasteiger partial charge < -0.3 is 15.0 Å². The Kier molecular flexibility index (Phi) is 4.17. The third-order valence-electron chi connectivity index (χ3n) is 3.60. The minimum absolute atomic E-state index is 0.0104. The summed E-state index contributed by atoms with van der Waals surface area (Å²) in [7, 11) is -0.0938. The second-order valence-corrected chi connectivity index (χ2v) is 7.30. The first-order chi connectivity index (χ1) is 9.30. The number of carbonyl (C=O) groups is 1. The lowest BCUT2D eigenvalue weighted by molar-refractivity contribution is 0.0691. The van der Waals surface area contributed by atoms with Crippen molar-refractivity contribution < 1.29 is 18.3 Å². The van der Waals surface area contributed by atoms with Crippen molar-refractivity contribution in [1.82, 2.24) is 14.2 Å². The topological polar surface area (TPSA) is 93.7 Å². The van der Waals surface area contributed by atoms with Crippen LogP contribution in [0.25, 0.3) is 0 Å². The molecule has 0 radical (unpaired) electrons. The highest BCUT2D eigenvalue weighted by Gasteiger charge is 2.28. The van der Waals surface area contributed by atoms with E-state index in [0.717, 1.165) is 25.6 Å². The number of nitrogens with one attached hydrogen (secondary N) is 1. The summed E-state index contributed by atoms with van der Waals surface area (Å²) in [6, 6.07) is 1.15. The molecule has 2 heterocycles. The lowest BCUT2D eigenvalue weighted by Crippen LogP contribution is -2.32. The van der Waals surface area contributed by atoms with Crippen molar-refractivity contribution >= 4 is 16.0 Å². The molecular weight excluding hydrogens is 282 g/mol. The fraction of sp³-hybridized carbons (Fsp3) is 0.583. The van der Waals surface area contributed by atoms with E-state index < -0.39 is 16.0 Å². The number of rotatable bonds is 5. The van der Waals surface area contributed by atoms with Crippen LogP contribution in [0.4, 0.5) is 0 Å². The first-order valence-electron chi connectivity index (χ1n) is 6.37. The number of nitrogens with zero attached hydrogens (tertiary/aromatic N) is 2. The number of carboxylic acids is 1. The van der Waals surface area contributed by atoms with Crippen LogP contribution in [0.2, 0.25) is 0 Å². The molecule has 1 aromatic rings. The molecular formula is C12H19N3O4S. The number of H-pyrrole nitrogens is 1. The van der Waals surface area contributed by atoms with Gasteiger partial charge in [0.2, 0.25) is 10.0 Å². The van der Waals surface area contributed by atoms with E-state index in [1.54, 1.807) is 0 Å². The standard InChI is InChI=1S/C12H19N3O4S/c1-14-4-3-9(7-14)8-15(2)20(18,19)10-5-11(12(16)17)13-6-10/h5-6,9,13H,3-4,7-8H2,1-2H3,(H,16,17). The predicted octanol–water partition coefficient (Wildman–Crippen LogP) is 0.285. The molecule has 2 N–H and O–H groups in total. The lowest BCUT2D eigenvalue weighted by atomic mass is 10.1. The number of aromatic amines is 1. The van der Waals surface area contributed by atoms with Crippen LogP contribution in [0.1, 0.15) is 16.9 Å². The summed E-state index contributed by atoms with van der Waals surface area (Å²) in [6.07, 6.45) is 2.19. The van der Waals surface area contributed by atoms with Gasteiger partial charge in [0.15, 0.2) is 0 Å². The highest BCUT2D eigenvalue weighted by molar-refractivity contribution is 7.89. The summed E-state index contributed by atoms with van der Waals surface area (Å²) in [5.41, 5.74) is -0.127. The summed E-state index contributed by atoms with van der Waals surface area (Å²) < 4.78 is 26.0. The van der Waals surface area contributed by atoms with Crippen LogP contribution in [0, 0.1) is 5.92 Å². The maximum Gasteiger partial charge on any atom is 0.352 e.